The summed E-state index contributed by atoms with van der Waals surface area (Å²) in [6, 6.07) is 5.45. The van der Waals surface area contributed by atoms with Gasteiger partial charge in [-0.2, -0.15) is 0 Å². The van der Waals surface area contributed by atoms with Gasteiger partial charge in [-0.1, -0.05) is 6.08 Å². The molecule has 2 aromatic rings. The van der Waals surface area contributed by atoms with Crippen LogP contribution < -0.4 is 5.63 Å². The summed E-state index contributed by atoms with van der Waals surface area (Å²) in [7, 11) is 0. The number of Topliss-reactive ketones (excluding diaryl/α,β-unsaturated/α-hetero) is 1. The second kappa shape index (κ2) is 4.78. The number of aromatic nitrogens is 1. The van der Waals surface area contributed by atoms with Crippen molar-refractivity contribution in [3.8, 4) is 11.5 Å². The van der Waals surface area contributed by atoms with Crippen LogP contribution in [0.5, 0.6) is 0 Å². The van der Waals surface area contributed by atoms with Gasteiger partial charge in [0.2, 0.25) is 5.89 Å². The number of ketones is 1. The molecule has 0 fully saturated rings. The second-order valence-electron chi connectivity index (χ2n) is 4.40. The molecule has 0 radical (unpaired) electrons. The van der Waals surface area contributed by atoms with Crippen molar-refractivity contribution in [2.75, 3.05) is 0 Å². The van der Waals surface area contributed by atoms with E-state index in [9.17, 15) is 19.7 Å². The predicted molar refractivity (Wildman–Crippen MR) is 72.8 cm³/mol. The number of nitro benzene ring substituents is 1. The zero-order valence-electron chi connectivity index (χ0n) is 10.6. The van der Waals surface area contributed by atoms with Crippen LogP contribution in [0.4, 0.5) is 5.69 Å². The maximum atomic E-state index is 11.9. The van der Waals surface area contributed by atoms with E-state index in [0.29, 0.717) is 5.56 Å². The highest BCUT2D eigenvalue weighted by atomic mass is 16.6. The number of fused-ring (bicyclic) bond motifs is 1. The monoisotopic (exact) mass is 284 g/mol. The van der Waals surface area contributed by atoms with Crippen molar-refractivity contribution in [3.63, 3.8) is 0 Å². The molecule has 21 heavy (non-hydrogen) atoms. The second-order valence-corrected chi connectivity index (χ2v) is 4.40. The summed E-state index contributed by atoms with van der Waals surface area (Å²) in [4.78, 5) is 37.7. The van der Waals surface area contributed by atoms with Crippen LogP contribution in [0, 0.1) is 10.1 Å². The van der Waals surface area contributed by atoms with Gasteiger partial charge in [-0.15, -0.1) is 0 Å². The lowest BCUT2D eigenvalue weighted by molar-refractivity contribution is -0.384. The summed E-state index contributed by atoms with van der Waals surface area (Å²) in [5.41, 5.74) is -0.192. The van der Waals surface area contributed by atoms with Gasteiger partial charge in [0.1, 0.15) is 5.56 Å². The Balaban J connectivity index is 2.10. The quantitative estimate of drug-likeness (QED) is 0.618. The normalized spacial score (nSPS) is 13.0. The molecule has 0 N–H and O–H groups in total. The number of rotatable bonds is 2. The Hall–Kier alpha value is -3.09. The predicted octanol–water partition coefficient (Wildman–Crippen LogP) is 2.21. The minimum Gasteiger partial charge on any atom is -0.403 e. The topological polar surface area (TPSA) is 103 Å². The Morgan fingerprint density at radius 3 is 2.57 bits per heavy atom. The van der Waals surface area contributed by atoms with Gasteiger partial charge in [-0.25, -0.2) is 9.78 Å². The number of hydrogen-bond donors (Lipinski definition) is 0. The lowest BCUT2D eigenvalue weighted by Crippen LogP contribution is -2.19. The molecule has 1 aliphatic rings. The fraction of sp³-hybridized carbons (Fsp3) is 0.0714. The molecule has 0 amide bonds. The van der Waals surface area contributed by atoms with E-state index in [1.54, 1.807) is 12.2 Å². The highest BCUT2D eigenvalue weighted by molar-refractivity contribution is 6.01. The average molecular weight is 284 g/mol. The maximum absolute atomic E-state index is 11.9. The van der Waals surface area contributed by atoms with Crippen molar-refractivity contribution in [2.24, 2.45) is 0 Å². The van der Waals surface area contributed by atoms with E-state index in [1.165, 1.54) is 24.3 Å². The van der Waals surface area contributed by atoms with E-state index >= 15 is 0 Å². The molecule has 0 unspecified atom stereocenters. The first-order valence-corrected chi connectivity index (χ1v) is 6.06. The number of nitrogens with zero attached hydrogens (tertiary/aromatic N) is 2. The van der Waals surface area contributed by atoms with Crippen LogP contribution in [-0.2, 0) is 0 Å². The molecule has 1 heterocycles. The molecule has 7 nitrogen and oxygen atoms in total. The molecule has 3 rings (SSSR count). The van der Waals surface area contributed by atoms with Crippen LogP contribution in [0.15, 0.2) is 39.6 Å². The van der Waals surface area contributed by atoms with Gasteiger partial charge in [-0.05, 0) is 18.2 Å². The van der Waals surface area contributed by atoms with Gasteiger partial charge in [0.25, 0.3) is 5.69 Å². The SMILES string of the molecule is O=C1CC=Cc2nc(-c3ccc([N+](=O)[O-])cc3)oc(=O)c21. The fourth-order valence-corrected chi connectivity index (χ4v) is 2.04. The van der Waals surface area contributed by atoms with Crippen LogP contribution in [0.25, 0.3) is 17.5 Å². The molecule has 1 aliphatic carbocycles. The molecule has 0 bridgehead atoms. The number of carbonyl (C=O) groups is 1. The van der Waals surface area contributed by atoms with Crippen molar-refractivity contribution in [1.29, 1.82) is 0 Å². The van der Waals surface area contributed by atoms with Gasteiger partial charge in [0, 0.05) is 24.1 Å². The smallest absolute Gasteiger partial charge is 0.350 e. The zero-order valence-corrected chi connectivity index (χ0v) is 10.6. The van der Waals surface area contributed by atoms with Crippen LogP contribution >= 0.6 is 0 Å². The Morgan fingerprint density at radius 1 is 1.19 bits per heavy atom. The van der Waals surface area contributed by atoms with Gasteiger partial charge < -0.3 is 4.42 Å². The summed E-state index contributed by atoms with van der Waals surface area (Å²) < 4.78 is 5.04. The Bertz CT molecular complexity index is 833. The van der Waals surface area contributed by atoms with Crippen molar-refractivity contribution >= 4 is 17.5 Å². The number of carbonyl (C=O) groups excluding carboxylic acids is 1. The summed E-state index contributed by atoms with van der Waals surface area (Å²) in [6.45, 7) is 0. The van der Waals surface area contributed by atoms with Gasteiger partial charge in [0.15, 0.2) is 5.78 Å². The molecule has 1 aromatic heterocycles. The van der Waals surface area contributed by atoms with Crippen molar-refractivity contribution in [2.45, 2.75) is 6.42 Å². The van der Waals surface area contributed by atoms with E-state index in [2.05, 4.69) is 4.98 Å². The summed E-state index contributed by atoms with van der Waals surface area (Å²) in [5, 5.41) is 10.6. The number of nitro groups is 1. The van der Waals surface area contributed by atoms with Crippen LogP contribution in [0.3, 0.4) is 0 Å². The summed E-state index contributed by atoms with van der Waals surface area (Å²) >= 11 is 0. The van der Waals surface area contributed by atoms with Crippen LogP contribution in [0.2, 0.25) is 0 Å². The largest absolute Gasteiger partial charge is 0.403 e. The van der Waals surface area contributed by atoms with Crippen molar-refractivity contribution in [3.05, 3.63) is 62.1 Å². The van der Waals surface area contributed by atoms with Gasteiger partial charge >= 0.3 is 5.63 Å². The number of hydrogen-bond acceptors (Lipinski definition) is 6. The fourth-order valence-electron chi connectivity index (χ4n) is 2.04. The minimum absolute atomic E-state index is 0.0213. The molecule has 1 aromatic carbocycles. The lowest BCUT2D eigenvalue weighted by Gasteiger charge is -2.08. The van der Waals surface area contributed by atoms with E-state index in [0.717, 1.165) is 0 Å². The first-order chi connectivity index (χ1) is 10.1. The third kappa shape index (κ3) is 2.25. The molecule has 104 valence electrons. The number of allylic oxidation sites excluding steroid dienone is 1. The van der Waals surface area contributed by atoms with E-state index in [-0.39, 0.29) is 35.0 Å². The average Bonchev–Trinajstić information content (AvgIpc) is 2.47. The maximum Gasteiger partial charge on any atom is 0.350 e. The van der Waals surface area contributed by atoms with E-state index in [1.807, 2.05) is 0 Å². The molecular formula is C14H8N2O5. The van der Waals surface area contributed by atoms with E-state index in [4.69, 9.17) is 4.42 Å². The third-order valence-corrected chi connectivity index (χ3v) is 3.05. The molecule has 0 aliphatic heterocycles. The highest BCUT2D eigenvalue weighted by Crippen LogP contribution is 2.22. The van der Waals surface area contributed by atoms with E-state index < -0.39 is 10.5 Å². The van der Waals surface area contributed by atoms with Crippen LogP contribution in [0.1, 0.15) is 22.5 Å². The number of benzene rings is 1. The van der Waals surface area contributed by atoms with Crippen molar-refractivity contribution < 1.29 is 14.1 Å². The lowest BCUT2D eigenvalue weighted by atomic mass is 10.0. The molecular weight excluding hydrogens is 276 g/mol. The van der Waals surface area contributed by atoms with Gasteiger partial charge in [0.05, 0.1) is 10.6 Å². The molecule has 0 saturated heterocycles. The molecule has 7 heteroatoms. The van der Waals surface area contributed by atoms with Crippen molar-refractivity contribution in [1.82, 2.24) is 4.98 Å². The minimum atomic E-state index is -0.747. The van der Waals surface area contributed by atoms with Crippen LogP contribution in [-0.4, -0.2) is 15.7 Å². The Labute approximate surface area is 117 Å². The summed E-state index contributed by atoms with van der Waals surface area (Å²) in [6.07, 6.45) is 3.36. The Kier molecular flexibility index (Phi) is 2.94. The number of non-ortho nitro benzene ring substituents is 1. The third-order valence-electron chi connectivity index (χ3n) is 3.05. The molecule has 0 saturated carbocycles. The first-order valence-electron chi connectivity index (χ1n) is 6.06. The molecule has 0 atom stereocenters. The first kappa shape index (κ1) is 12.9. The molecule has 0 spiro atoms. The standard InChI is InChI=1S/C14H8N2O5/c17-11-3-1-2-10-12(11)14(18)21-13(15-10)8-4-6-9(7-5-8)16(19)20/h1-2,4-7H,3H2. The van der Waals surface area contributed by atoms with Gasteiger partial charge in [-0.3, -0.25) is 14.9 Å². The summed E-state index contributed by atoms with van der Waals surface area (Å²) in [5.74, 6) is -0.308. The highest BCUT2D eigenvalue weighted by Gasteiger charge is 2.21. The Morgan fingerprint density at radius 2 is 1.90 bits per heavy atom. The zero-order chi connectivity index (χ0) is 15.0.